The maximum atomic E-state index is 13.4. The summed E-state index contributed by atoms with van der Waals surface area (Å²) in [5, 5.41) is 6.09. The lowest BCUT2D eigenvalue weighted by atomic mass is 10.2. The number of rotatable bonds is 4. The minimum atomic E-state index is -3.91. The van der Waals surface area contributed by atoms with Crippen molar-refractivity contribution < 1.29 is 8.42 Å². The molecule has 3 aromatic rings. The van der Waals surface area contributed by atoms with Gasteiger partial charge in [0.1, 0.15) is 10.7 Å². The van der Waals surface area contributed by atoms with E-state index in [9.17, 15) is 13.2 Å². The standard InChI is InChI=1S/C21H26N6O3S2/c1-15-13-25(11-7-22-15)18-6-5-16-19(28)17(32(29,30)26-9-3-2-4-10-26)14-27(20(16)24-18)21-23-8-12-31-21/h5-6,8,12,14-15,22H,2-4,7,9-11,13H2,1H3/t15-/m1/s1. The second kappa shape index (κ2) is 8.54. The molecular formula is C21H26N6O3S2. The third-order valence-corrected chi connectivity index (χ3v) is 8.72. The van der Waals surface area contributed by atoms with Crippen LogP contribution >= 0.6 is 11.3 Å². The van der Waals surface area contributed by atoms with Crippen molar-refractivity contribution in [1.29, 1.82) is 0 Å². The van der Waals surface area contributed by atoms with Gasteiger partial charge in [-0.2, -0.15) is 4.31 Å². The molecule has 9 nitrogen and oxygen atoms in total. The van der Waals surface area contributed by atoms with E-state index < -0.39 is 15.5 Å². The maximum absolute atomic E-state index is 13.4. The van der Waals surface area contributed by atoms with Gasteiger partial charge in [0.25, 0.3) is 0 Å². The number of thiazole rings is 1. The number of hydrogen-bond acceptors (Lipinski definition) is 8. The number of fused-ring (bicyclic) bond motifs is 1. The number of hydrogen-bond donors (Lipinski definition) is 1. The van der Waals surface area contributed by atoms with Gasteiger partial charge in [0.05, 0.1) is 5.39 Å². The summed E-state index contributed by atoms with van der Waals surface area (Å²) in [6.07, 6.45) is 5.68. The Hall–Kier alpha value is -2.34. The third-order valence-electron chi connectivity index (χ3n) is 6.05. The highest BCUT2D eigenvalue weighted by Gasteiger charge is 2.30. The van der Waals surface area contributed by atoms with Crippen LogP contribution in [0.2, 0.25) is 0 Å². The highest BCUT2D eigenvalue weighted by atomic mass is 32.2. The Morgan fingerprint density at radius 1 is 1.16 bits per heavy atom. The number of aromatic nitrogens is 3. The predicted molar refractivity (Wildman–Crippen MR) is 125 cm³/mol. The van der Waals surface area contributed by atoms with Gasteiger partial charge in [0.2, 0.25) is 15.5 Å². The summed E-state index contributed by atoms with van der Waals surface area (Å²) < 4.78 is 29.8. The Morgan fingerprint density at radius 3 is 2.69 bits per heavy atom. The molecular weight excluding hydrogens is 448 g/mol. The number of piperidine rings is 1. The van der Waals surface area contributed by atoms with E-state index in [-0.39, 0.29) is 10.3 Å². The number of sulfonamides is 1. The van der Waals surface area contributed by atoms with Crippen molar-refractivity contribution in [3.8, 4) is 5.13 Å². The Kier molecular flexibility index (Phi) is 5.74. The number of nitrogens with zero attached hydrogens (tertiary/aromatic N) is 5. The highest BCUT2D eigenvalue weighted by Crippen LogP contribution is 2.25. The normalized spacial score (nSPS) is 20.7. The van der Waals surface area contributed by atoms with Crippen LogP contribution in [0.3, 0.4) is 0 Å². The molecule has 1 N–H and O–H groups in total. The number of nitrogens with one attached hydrogen (secondary N) is 1. The van der Waals surface area contributed by atoms with Gasteiger partial charge < -0.3 is 10.2 Å². The van der Waals surface area contributed by atoms with Gasteiger partial charge >= 0.3 is 0 Å². The van der Waals surface area contributed by atoms with Crippen LogP contribution in [0.25, 0.3) is 16.2 Å². The molecule has 0 bridgehead atoms. The van der Waals surface area contributed by atoms with Gasteiger partial charge in [-0.05, 0) is 31.9 Å². The summed E-state index contributed by atoms with van der Waals surface area (Å²) >= 11 is 1.37. The zero-order valence-corrected chi connectivity index (χ0v) is 19.5. The van der Waals surface area contributed by atoms with Crippen molar-refractivity contribution in [2.75, 3.05) is 37.6 Å². The molecule has 32 heavy (non-hydrogen) atoms. The largest absolute Gasteiger partial charge is 0.354 e. The van der Waals surface area contributed by atoms with E-state index in [1.165, 1.54) is 21.8 Å². The molecule has 1 atom stereocenters. The SMILES string of the molecule is C[C@@H]1CN(c2ccc3c(=O)c(S(=O)(=O)N4CCCCC4)cn(-c4nccs4)c3n2)CCN1. The lowest BCUT2D eigenvalue weighted by molar-refractivity contribution is 0.346. The zero-order valence-electron chi connectivity index (χ0n) is 17.9. The van der Waals surface area contributed by atoms with E-state index in [2.05, 4.69) is 22.1 Å². The van der Waals surface area contributed by atoms with Gasteiger partial charge in [0, 0.05) is 56.5 Å². The molecule has 11 heteroatoms. The molecule has 5 rings (SSSR count). The fraction of sp³-hybridized carbons (Fsp3) is 0.476. The van der Waals surface area contributed by atoms with Crippen molar-refractivity contribution in [1.82, 2.24) is 24.2 Å². The molecule has 0 aromatic carbocycles. The summed E-state index contributed by atoms with van der Waals surface area (Å²) in [6, 6.07) is 3.84. The van der Waals surface area contributed by atoms with Gasteiger partial charge in [-0.3, -0.25) is 9.36 Å². The first-order valence-electron chi connectivity index (χ1n) is 10.9. The fourth-order valence-electron chi connectivity index (χ4n) is 4.39. The second-order valence-corrected chi connectivity index (χ2v) is 11.1. The third kappa shape index (κ3) is 3.83. The van der Waals surface area contributed by atoms with Crippen molar-refractivity contribution >= 4 is 38.2 Å². The van der Waals surface area contributed by atoms with Crippen LogP contribution in [0.5, 0.6) is 0 Å². The maximum Gasteiger partial charge on any atom is 0.248 e. The first-order chi connectivity index (χ1) is 15.4. The van der Waals surface area contributed by atoms with E-state index in [0.29, 0.717) is 29.9 Å². The average molecular weight is 475 g/mol. The molecule has 0 unspecified atom stereocenters. The summed E-state index contributed by atoms with van der Waals surface area (Å²) in [6.45, 7) is 5.47. The van der Waals surface area contributed by atoms with Gasteiger partial charge in [-0.25, -0.2) is 18.4 Å². The molecule has 0 spiro atoms. The average Bonchev–Trinajstić information content (AvgIpc) is 3.34. The molecule has 3 aromatic heterocycles. The topological polar surface area (TPSA) is 100 Å². The van der Waals surface area contributed by atoms with Crippen LogP contribution in [-0.2, 0) is 10.0 Å². The zero-order chi connectivity index (χ0) is 22.3. The van der Waals surface area contributed by atoms with Crippen LogP contribution < -0.4 is 15.6 Å². The van der Waals surface area contributed by atoms with Crippen molar-refractivity contribution in [2.45, 2.75) is 37.1 Å². The monoisotopic (exact) mass is 474 g/mol. The molecule has 2 fully saturated rings. The van der Waals surface area contributed by atoms with Crippen LogP contribution in [0.15, 0.2) is 39.6 Å². The lowest BCUT2D eigenvalue weighted by Gasteiger charge is -2.33. The van der Waals surface area contributed by atoms with E-state index in [1.807, 2.05) is 11.4 Å². The van der Waals surface area contributed by atoms with Gasteiger partial charge in [-0.1, -0.05) is 6.42 Å². The highest BCUT2D eigenvalue weighted by molar-refractivity contribution is 7.89. The van der Waals surface area contributed by atoms with E-state index in [4.69, 9.17) is 4.98 Å². The number of anilines is 1. The van der Waals surface area contributed by atoms with Gasteiger partial charge in [-0.15, -0.1) is 11.3 Å². The van der Waals surface area contributed by atoms with Crippen molar-refractivity contribution in [3.63, 3.8) is 0 Å². The van der Waals surface area contributed by atoms with Crippen LogP contribution in [-0.4, -0.2) is 66.0 Å². The minimum Gasteiger partial charge on any atom is -0.354 e. The molecule has 0 radical (unpaired) electrons. The van der Waals surface area contributed by atoms with Crippen molar-refractivity contribution in [3.05, 3.63) is 40.1 Å². The summed E-state index contributed by atoms with van der Waals surface area (Å²) in [5.74, 6) is 0.766. The molecule has 0 amide bonds. The Bertz CT molecular complexity index is 1280. The fourth-order valence-corrected chi connectivity index (χ4v) is 6.61. The Morgan fingerprint density at radius 2 is 1.97 bits per heavy atom. The summed E-state index contributed by atoms with van der Waals surface area (Å²) in [5.41, 5.74) is -0.0858. The number of pyridine rings is 2. The van der Waals surface area contributed by atoms with E-state index in [1.54, 1.807) is 16.8 Å². The molecule has 5 heterocycles. The summed E-state index contributed by atoms with van der Waals surface area (Å²) in [7, 11) is -3.91. The van der Waals surface area contributed by atoms with Crippen LogP contribution in [0, 0.1) is 0 Å². The first-order valence-corrected chi connectivity index (χ1v) is 13.2. The van der Waals surface area contributed by atoms with E-state index >= 15 is 0 Å². The molecule has 170 valence electrons. The van der Waals surface area contributed by atoms with Gasteiger partial charge in [0.15, 0.2) is 10.8 Å². The number of piperazine rings is 1. The molecule has 0 saturated carbocycles. The van der Waals surface area contributed by atoms with Crippen LogP contribution in [0.4, 0.5) is 5.82 Å². The molecule has 2 aliphatic rings. The predicted octanol–water partition coefficient (Wildman–Crippen LogP) is 1.81. The van der Waals surface area contributed by atoms with Crippen LogP contribution in [0.1, 0.15) is 26.2 Å². The smallest absolute Gasteiger partial charge is 0.248 e. The molecule has 2 aliphatic heterocycles. The minimum absolute atomic E-state index is 0.215. The first kappa shape index (κ1) is 21.5. The lowest BCUT2D eigenvalue weighted by Crippen LogP contribution is -2.49. The molecule has 0 aliphatic carbocycles. The van der Waals surface area contributed by atoms with E-state index in [0.717, 1.165) is 44.7 Å². The summed E-state index contributed by atoms with van der Waals surface area (Å²) in [4.78, 5) is 24.5. The molecule has 2 saturated heterocycles. The Labute approximate surface area is 190 Å². The Balaban J connectivity index is 1.69. The quantitative estimate of drug-likeness (QED) is 0.616. The van der Waals surface area contributed by atoms with Crippen molar-refractivity contribution in [2.24, 2.45) is 0 Å². The second-order valence-electron chi connectivity index (χ2n) is 8.31.